The topological polar surface area (TPSA) is 71.5 Å². The van der Waals surface area contributed by atoms with E-state index in [4.69, 9.17) is 16.3 Å². The van der Waals surface area contributed by atoms with Crippen molar-refractivity contribution in [3.63, 3.8) is 0 Å². The number of allylic oxidation sites excluding steroid dienone is 1. The second-order valence-electron chi connectivity index (χ2n) is 6.74. The van der Waals surface area contributed by atoms with E-state index in [1.807, 2.05) is 38.1 Å². The van der Waals surface area contributed by atoms with Crippen molar-refractivity contribution in [3.05, 3.63) is 64.5 Å². The van der Waals surface area contributed by atoms with Crippen LogP contribution in [0.25, 0.3) is 0 Å². The molecule has 0 saturated heterocycles. The second-order valence-corrected chi connectivity index (χ2v) is 7.18. The summed E-state index contributed by atoms with van der Waals surface area (Å²) in [5.74, 6) is -0.814. The lowest BCUT2D eigenvalue weighted by Gasteiger charge is -2.26. The Labute approximate surface area is 169 Å². The molecule has 1 atom stereocenters. The Balaban J connectivity index is 1.73. The Hall–Kier alpha value is -2.86. The van der Waals surface area contributed by atoms with Crippen LogP contribution in [-0.2, 0) is 16.1 Å². The molecule has 7 heteroatoms. The Morgan fingerprint density at radius 1 is 1.29 bits per heavy atom. The number of hydrogen-bond acceptors (Lipinski definition) is 5. The van der Waals surface area contributed by atoms with Crippen LogP contribution in [0.15, 0.2) is 53.9 Å². The summed E-state index contributed by atoms with van der Waals surface area (Å²) in [6, 6.07) is 10.9. The van der Waals surface area contributed by atoms with Gasteiger partial charge in [-0.1, -0.05) is 23.7 Å². The molecule has 1 aromatic carbocycles. The average Bonchev–Trinajstić information content (AvgIpc) is 2.97. The molecule has 3 rings (SSSR count). The number of hydrogen-bond donors (Lipinski definition) is 1. The first-order valence-electron chi connectivity index (χ1n) is 8.95. The van der Waals surface area contributed by atoms with Gasteiger partial charge in [0.25, 0.3) is 5.91 Å². The Bertz CT molecular complexity index is 925. The first-order valence-corrected chi connectivity index (χ1v) is 9.33. The highest BCUT2D eigenvalue weighted by atomic mass is 35.5. The number of halogens is 1. The van der Waals surface area contributed by atoms with Crippen molar-refractivity contribution in [1.82, 2.24) is 9.88 Å². The number of ether oxygens (including phenoxy) is 1. The monoisotopic (exact) mass is 399 g/mol. The summed E-state index contributed by atoms with van der Waals surface area (Å²) >= 11 is 5.95. The molecule has 28 heavy (non-hydrogen) atoms. The van der Waals surface area contributed by atoms with Crippen molar-refractivity contribution >= 4 is 29.0 Å². The summed E-state index contributed by atoms with van der Waals surface area (Å²) in [7, 11) is 1.49. The van der Waals surface area contributed by atoms with Gasteiger partial charge in [-0.25, -0.2) is 4.98 Å². The van der Waals surface area contributed by atoms with Gasteiger partial charge in [0.15, 0.2) is 0 Å². The number of nitrogens with one attached hydrogen (secondary N) is 1. The number of rotatable bonds is 6. The molecule has 1 aliphatic heterocycles. The van der Waals surface area contributed by atoms with Gasteiger partial charge in [-0.05, 0) is 44.0 Å². The Morgan fingerprint density at radius 3 is 2.68 bits per heavy atom. The van der Waals surface area contributed by atoms with E-state index >= 15 is 0 Å². The van der Waals surface area contributed by atoms with Crippen molar-refractivity contribution < 1.29 is 14.3 Å². The van der Waals surface area contributed by atoms with Crippen LogP contribution in [0.4, 0.5) is 5.69 Å². The number of Topliss-reactive ketones (excluding diaryl/α,β-unsaturated/α-hetero) is 1. The summed E-state index contributed by atoms with van der Waals surface area (Å²) in [5.41, 5.74) is 2.93. The highest BCUT2D eigenvalue weighted by molar-refractivity contribution is 6.46. The number of ketones is 1. The van der Waals surface area contributed by atoms with E-state index in [0.717, 1.165) is 11.3 Å². The lowest BCUT2D eigenvalue weighted by molar-refractivity contribution is -0.132. The molecule has 1 aliphatic rings. The normalized spacial score (nSPS) is 16.3. The molecule has 0 fully saturated rings. The minimum atomic E-state index is -0.664. The predicted molar refractivity (Wildman–Crippen MR) is 108 cm³/mol. The Kier molecular flexibility index (Phi) is 5.99. The van der Waals surface area contributed by atoms with Gasteiger partial charge in [0.2, 0.25) is 11.7 Å². The maximum Gasteiger partial charge on any atom is 0.296 e. The number of pyridine rings is 1. The number of nitrogens with zero attached hydrogens (tertiary/aromatic N) is 2. The molecule has 0 aliphatic carbocycles. The van der Waals surface area contributed by atoms with E-state index < -0.39 is 11.7 Å². The van der Waals surface area contributed by atoms with Crippen molar-refractivity contribution in [3.8, 4) is 5.88 Å². The largest absolute Gasteiger partial charge is 0.481 e. The highest BCUT2D eigenvalue weighted by Gasteiger charge is 2.32. The maximum absolute atomic E-state index is 12.7. The van der Waals surface area contributed by atoms with Crippen LogP contribution in [0.5, 0.6) is 5.88 Å². The van der Waals surface area contributed by atoms with Crippen LogP contribution in [0.3, 0.4) is 0 Å². The third-order valence-electron chi connectivity index (χ3n) is 4.85. The third-order valence-corrected chi connectivity index (χ3v) is 5.10. The number of carbonyl (C=O) groups is 2. The summed E-state index contributed by atoms with van der Waals surface area (Å²) in [6.07, 6.45) is 2.04. The SMILES string of the molecule is COc1cc(NC(=O)C(=O)C2=C(C)N(Cc3ccc(Cl)cc3)C(C)C2)ccn1. The maximum atomic E-state index is 12.7. The number of carbonyl (C=O) groups excluding carboxylic acids is 2. The van der Waals surface area contributed by atoms with Crippen LogP contribution < -0.4 is 10.1 Å². The van der Waals surface area contributed by atoms with Crippen molar-refractivity contribution in [2.24, 2.45) is 0 Å². The fourth-order valence-electron chi connectivity index (χ4n) is 3.30. The van der Waals surface area contributed by atoms with Crippen LogP contribution >= 0.6 is 11.6 Å². The lowest BCUT2D eigenvalue weighted by Crippen LogP contribution is -2.25. The van der Waals surface area contributed by atoms with E-state index in [1.165, 1.54) is 13.3 Å². The molecule has 1 unspecified atom stereocenters. The summed E-state index contributed by atoms with van der Waals surface area (Å²) < 4.78 is 5.03. The van der Waals surface area contributed by atoms with E-state index in [1.54, 1.807) is 12.1 Å². The van der Waals surface area contributed by atoms with Crippen molar-refractivity contribution in [2.45, 2.75) is 32.9 Å². The number of benzene rings is 1. The zero-order valence-electron chi connectivity index (χ0n) is 16.0. The second kappa shape index (κ2) is 8.44. The molecule has 1 amide bonds. The highest BCUT2D eigenvalue weighted by Crippen LogP contribution is 2.31. The van der Waals surface area contributed by atoms with E-state index in [2.05, 4.69) is 15.2 Å². The van der Waals surface area contributed by atoms with Gasteiger partial charge in [0.05, 0.1) is 7.11 Å². The molecule has 146 valence electrons. The summed E-state index contributed by atoms with van der Waals surface area (Å²) in [4.78, 5) is 31.3. The molecular formula is C21H22ClN3O3. The zero-order valence-corrected chi connectivity index (χ0v) is 16.8. The van der Waals surface area contributed by atoms with Crippen LogP contribution in [0.2, 0.25) is 5.02 Å². The molecule has 0 radical (unpaired) electrons. The van der Waals surface area contributed by atoms with Gasteiger partial charge in [-0.2, -0.15) is 0 Å². The van der Waals surface area contributed by atoms with Crippen molar-refractivity contribution in [1.29, 1.82) is 0 Å². The number of anilines is 1. The quantitative estimate of drug-likeness (QED) is 0.747. The minimum absolute atomic E-state index is 0.128. The molecule has 6 nitrogen and oxygen atoms in total. The van der Waals surface area contributed by atoms with Gasteiger partial charge in [-0.15, -0.1) is 0 Å². The summed E-state index contributed by atoms with van der Waals surface area (Å²) in [6.45, 7) is 4.59. The van der Waals surface area contributed by atoms with Gasteiger partial charge < -0.3 is 15.0 Å². The number of amides is 1. The van der Waals surface area contributed by atoms with Crippen molar-refractivity contribution in [2.75, 3.05) is 12.4 Å². The van der Waals surface area contributed by atoms with Gasteiger partial charge in [0.1, 0.15) is 0 Å². The van der Waals surface area contributed by atoms with Crippen LogP contribution in [0, 0.1) is 0 Å². The molecule has 0 saturated carbocycles. The van der Waals surface area contributed by atoms with E-state index in [-0.39, 0.29) is 6.04 Å². The predicted octanol–water partition coefficient (Wildman–Crippen LogP) is 3.82. The molecule has 0 bridgehead atoms. The Morgan fingerprint density at radius 2 is 2.00 bits per heavy atom. The first kappa shape index (κ1) is 19.9. The molecule has 1 N–H and O–H groups in total. The lowest BCUT2D eigenvalue weighted by atomic mass is 10.1. The smallest absolute Gasteiger partial charge is 0.296 e. The summed E-state index contributed by atoms with van der Waals surface area (Å²) in [5, 5.41) is 3.31. The third kappa shape index (κ3) is 4.34. The number of aromatic nitrogens is 1. The molecule has 1 aromatic heterocycles. The zero-order chi connectivity index (χ0) is 20.3. The molecule has 0 spiro atoms. The van der Waals surface area contributed by atoms with Gasteiger partial charge >= 0.3 is 0 Å². The van der Waals surface area contributed by atoms with E-state index in [9.17, 15) is 9.59 Å². The first-order chi connectivity index (χ1) is 13.4. The molecular weight excluding hydrogens is 378 g/mol. The molecule has 2 heterocycles. The average molecular weight is 400 g/mol. The fraction of sp³-hybridized carbons (Fsp3) is 0.286. The fourth-order valence-corrected chi connectivity index (χ4v) is 3.42. The van der Waals surface area contributed by atoms with Gasteiger partial charge in [0, 0.05) is 46.8 Å². The standard InChI is InChI=1S/C21H22ClN3O3/c1-13-10-18(14(2)25(13)12-15-4-6-16(22)7-5-15)20(26)21(27)24-17-8-9-23-19(11-17)28-3/h4-9,11,13H,10,12H2,1-3H3,(H,23,24,27). The van der Waals surface area contributed by atoms with E-state index in [0.29, 0.717) is 35.1 Å². The number of methoxy groups -OCH3 is 1. The minimum Gasteiger partial charge on any atom is -0.481 e. The van der Waals surface area contributed by atoms with Gasteiger partial charge in [-0.3, -0.25) is 9.59 Å². The molecule has 2 aromatic rings. The van der Waals surface area contributed by atoms with Crippen LogP contribution in [-0.4, -0.2) is 34.7 Å². The van der Waals surface area contributed by atoms with Crippen LogP contribution in [0.1, 0.15) is 25.8 Å².